The molecule has 0 atom stereocenters. The highest BCUT2D eigenvalue weighted by Crippen LogP contribution is 2.30. The van der Waals surface area contributed by atoms with Crippen LogP contribution in [0.4, 0.5) is 16.2 Å². The van der Waals surface area contributed by atoms with Crippen molar-refractivity contribution in [1.82, 2.24) is 4.98 Å². The van der Waals surface area contributed by atoms with E-state index in [0.717, 1.165) is 0 Å². The van der Waals surface area contributed by atoms with Gasteiger partial charge in [-0.15, -0.1) is 0 Å². The second-order valence-corrected chi connectivity index (χ2v) is 5.85. The third-order valence-corrected chi connectivity index (χ3v) is 2.86. The topological polar surface area (TPSA) is 79.7 Å². The van der Waals surface area contributed by atoms with E-state index in [2.05, 4.69) is 4.98 Å². The maximum Gasteiger partial charge on any atom is 0.419 e. The molecular weight excluding hydrogens is 296 g/mol. The number of carbonyl (C=O) groups is 2. The summed E-state index contributed by atoms with van der Waals surface area (Å²) in [6.45, 7) is 5.25. The third kappa shape index (κ3) is 4.06. The standard InChI is InChI=1S/C17H18N2O4/c1-17(2,3)23-16(22)19(12-7-5-4-6-8-12)14-9-10-18-11-13(14)15(20)21/h4-11H,1-3H3,(H,20,21). The van der Waals surface area contributed by atoms with Gasteiger partial charge in [0.15, 0.2) is 0 Å². The lowest BCUT2D eigenvalue weighted by Crippen LogP contribution is -2.34. The Kier molecular flexibility index (Phi) is 4.64. The molecule has 0 saturated carbocycles. The number of hydrogen-bond acceptors (Lipinski definition) is 4. The molecule has 1 N–H and O–H groups in total. The molecule has 1 aromatic carbocycles. The Morgan fingerprint density at radius 1 is 1.13 bits per heavy atom. The number of amides is 1. The number of benzene rings is 1. The summed E-state index contributed by atoms with van der Waals surface area (Å²) in [4.78, 5) is 29.1. The van der Waals surface area contributed by atoms with Gasteiger partial charge in [-0.3, -0.25) is 4.98 Å². The van der Waals surface area contributed by atoms with Gasteiger partial charge in [0, 0.05) is 12.4 Å². The smallest absolute Gasteiger partial charge is 0.419 e. The van der Waals surface area contributed by atoms with E-state index >= 15 is 0 Å². The Labute approximate surface area is 134 Å². The minimum atomic E-state index is -1.17. The van der Waals surface area contributed by atoms with Crippen molar-refractivity contribution in [3.05, 3.63) is 54.4 Å². The number of pyridine rings is 1. The number of carboxylic acids is 1. The summed E-state index contributed by atoms with van der Waals surface area (Å²) in [7, 11) is 0. The summed E-state index contributed by atoms with van der Waals surface area (Å²) >= 11 is 0. The normalized spacial score (nSPS) is 10.9. The summed E-state index contributed by atoms with van der Waals surface area (Å²) < 4.78 is 5.42. The summed E-state index contributed by atoms with van der Waals surface area (Å²) in [6, 6.07) is 10.2. The fourth-order valence-corrected chi connectivity index (χ4v) is 1.97. The van der Waals surface area contributed by atoms with Crippen molar-refractivity contribution in [2.24, 2.45) is 0 Å². The molecule has 23 heavy (non-hydrogen) atoms. The van der Waals surface area contributed by atoms with Gasteiger partial charge in [-0.25, -0.2) is 14.5 Å². The van der Waals surface area contributed by atoms with Crippen LogP contribution in [0.3, 0.4) is 0 Å². The average molecular weight is 314 g/mol. The monoisotopic (exact) mass is 314 g/mol. The largest absolute Gasteiger partial charge is 0.478 e. The van der Waals surface area contributed by atoms with E-state index in [9.17, 15) is 14.7 Å². The highest BCUT2D eigenvalue weighted by Gasteiger charge is 2.28. The fraction of sp³-hybridized carbons (Fsp3) is 0.235. The van der Waals surface area contributed by atoms with Gasteiger partial charge in [-0.05, 0) is 39.0 Å². The minimum absolute atomic E-state index is 0.0813. The first-order valence-electron chi connectivity index (χ1n) is 7.05. The van der Waals surface area contributed by atoms with Crippen LogP contribution in [0, 0.1) is 0 Å². The second kappa shape index (κ2) is 6.48. The number of carboxylic acid groups (broad SMARTS) is 1. The van der Waals surface area contributed by atoms with Gasteiger partial charge in [-0.2, -0.15) is 0 Å². The zero-order chi connectivity index (χ0) is 17.0. The number of hydrogen-bond donors (Lipinski definition) is 1. The summed E-state index contributed by atoms with van der Waals surface area (Å²) in [5.41, 5.74) is -0.0776. The Bertz CT molecular complexity index is 708. The van der Waals surface area contributed by atoms with Gasteiger partial charge in [0.25, 0.3) is 0 Å². The molecule has 6 nitrogen and oxygen atoms in total. The molecule has 0 fully saturated rings. The van der Waals surface area contributed by atoms with E-state index in [1.165, 1.54) is 23.4 Å². The number of anilines is 2. The maximum atomic E-state index is 12.6. The van der Waals surface area contributed by atoms with Crippen LogP contribution in [0.2, 0.25) is 0 Å². The van der Waals surface area contributed by atoms with Gasteiger partial charge < -0.3 is 9.84 Å². The number of nitrogens with zero attached hydrogens (tertiary/aromatic N) is 2. The molecule has 2 rings (SSSR count). The lowest BCUT2D eigenvalue weighted by Gasteiger charge is -2.28. The number of rotatable bonds is 3. The second-order valence-electron chi connectivity index (χ2n) is 5.85. The van der Waals surface area contributed by atoms with Crippen molar-refractivity contribution >= 4 is 23.4 Å². The quantitative estimate of drug-likeness (QED) is 0.930. The van der Waals surface area contributed by atoms with Crippen LogP contribution < -0.4 is 4.90 Å². The van der Waals surface area contributed by atoms with E-state index in [-0.39, 0.29) is 11.3 Å². The van der Waals surface area contributed by atoms with Crippen molar-refractivity contribution in [2.75, 3.05) is 4.90 Å². The van der Waals surface area contributed by atoms with Crippen LogP contribution in [0.1, 0.15) is 31.1 Å². The zero-order valence-corrected chi connectivity index (χ0v) is 13.2. The van der Waals surface area contributed by atoms with Crippen molar-refractivity contribution in [2.45, 2.75) is 26.4 Å². The zero-order valence-electron chi connectivity index (χ0n) is 13.2. The molecule has 0 aliphatic heterocycles. The molecule has 1 heterocycles. The molecule has 1 amide bonds. The summed E-state index contributed by atoms with van der Waals surface area (Å²) in [5, 5.41) is 9.36. The van der Waals surface area contributed by atoms with Crippen LogP contribution in [-0.2, 0) is 4.74 Å². The Morgan fingerprint density at radius 3 is 2.35 bits per heavy atom. The number of aromatic nitrogens is 1. The van der Waals surface area contributed by atoms with Crippen molar-refractivity contribution in [1.29, 1.82) is 0 Å². The van der Waals surface area contributed by atoms with Crippen molar-refractivity contribution in [3.8, 4) is 0 Å². The first kappa shape index (κ1) is 16.5. The molecule has 1 aromatic heterocycles. The van der Waals surface area contributed by atoms with E-state index in [4.69, 9.17) is 4.74 Å². The Hall–Kier alpha value is -2.89. The molecule has 0 aliphatic rings. The molecule has 0 spiro atoms. The number of aromatic carboxylic acids is 1. The van der Waals surface area contributed by atoms with Gasteiger partial charge in [0.1, 0.15) is 11.2 Å². The maximum absolute atomic E-state index is 12.6. The lowest BCUT2D eigenvalue weighted by atomic mass is 10.2. The highest BCUT2D eigenvalue weighted by molar-refractivity contribution is 6.03. The Morgan fingerprint density at radius 2 is 1.78 bits per heavy atom. The predicted molar refractivity (Wildman–Crippen MR) is 86.0 cm³/mol. The SMILES string of the molecule is CC(C)(C)OC(=O)N(c1ccccc1)c1ccncc1C(=O)O. The van der Waals surface area contributed by atoms with Crippen molar-refractivity contribution in [3.63, 3.8) is 0 Å². The van der Waals surface area contributed by atoms with Crippen LogP contribution in [0.15, 0.2) is 48.8 Å². The molecule has 6 heteroatoms. The first-order chi connectivity index (χ1) is 10.8. The van der Waals surface area contributed by atoms with Gasteiger partial charge in [-0.1, -0.05) is 18.2 Å². The molecule has 120 valence electrons. The molecule has 0 radical (unpaired) electrons. The molecule has 0 aliphatic carbocycles. The van der Waals surface area contributed by atoms with Crippen molar-refractivity contribution < 1.29 is 19.4 Å². The van der Waals surface area contributed by atoms with Gasteiger partial charge in [0.2, 0.25) is 0 Å². The van der Waals surface area contributed by atoms with Gasteiger partial charge >= 0.3 is 12.1 Å². The first-order valence-corrected chi connectivity index (χ1v) is 7.05. The van der Waals surface area contributed by atoms with Crippen LogP contribution in [0.5, 0.6) is 0 Å². The number of ether oxygens (including phenoxy) is 1. The van der Waals surface area contributed by atoms with Crippen LogP contribution in [0.25, 0.3) is 0 Å². The molecular formula is C17H18N2O4. The van der Waals surface area contributed by atoms with Crippen LogP contribution >= 0.6 is 0 Å². The van der Waals surface area contributed by atoms with E-state index in [1.807, 2.05) is 0 Å². The fourth-order valence-electron chi connectivity index (χ4n) is 1.97. The average Bonchev–Trinajstić information content (AvgIpc) is 2.47. The third-order valence-electron chi connectivity index (χ3n) is 2.86. The van der Waals surface area contributed by atoms with E-state index in [0.29, 0.717) is 5.69 Å². The van der Waals surface area contributed by atoms with Gasteiger partial charge in [0.05, 0.1) is 11.4 Å². The number of carbonyl (C=O) groups excluding carboxylic acids is 1. The number of para-hydroxylation sites is 1. The highest BCUT2D eigenvalue weighted by atomic mass is 16.6. The predicted octanol–water partition coefficient (Wildman–Crippen LogP) is 3.85. The van der Waals surface area contributed by atoms with E-state index < -0.39 is 17.7 Å². The summed E-state index contributed by atoms with van der Waals surface area (Å²) in [6.07, 6.45) is 1.98. The molecule has 0 saturated heterocycles. The van der Waals surface area contributed by atoms with Crippen LogP contribution in [-0.4, -0.2) is 27.8 Å². The molecule has 2 aromatic rings. The lowest BCUT2D eigenvalue weighted by molar-refractivity contribution is 0.0599. The Balaban J connectivity index is 2.55. The summed E-state index contributed by atoms with van der Waals surface area (Å²) in [5.74, 6) is -1.17. The molecule has 0 unspecified atom stereocenters. The van der Waals surface area contributed by atoms with E-state index in [1.54, 1.807) is 51.1 Å². The molecule has 0 bridgehead atoms. The minimum Gasteiger partial charge on any atom is -0.478 e.